The SMILES string of the molecule is CNc1ncc(Br)c(NCCC2CCOC2)n1. The second-order valence-electron chi connectivity index (χ2n) is 4.09. The Bertz CT molecular complexity index is 368. The summed E-state index contributed by atoms with van der Waals surface area (Å²) >= 11 is 3.43. The van der Waals surface area contributed by atoms with Gasteiger partial charge < -0.3 is 15.4 Å². The molecule has 2 rings (SSSR count). The molecule has 6 heteroatoms. The lowest BCUT2D eigenvalue weighted by atomic mass is 10.1. The summed E-state index contributed by atoms with van der Waals surface area (Å²) in [6.07, 6.45) is 4.04. The average molecular weight is 301 g/mol. The Hall–Kier alpha value is -0.880. The van der Waals surface area contributed by atoms with Crippen LogP contribution in [0.5, 0.6) is 0 Å². The van der Waals surface area contributed by atoms with Gasteiger partial charge in [0.15, 0.2) is 0 Å². The maximum Gasteiger partial charge on any atom is 0.224 e. The molecule has 1 atom stereocenters. The first kappa shape index (κ1) is 12.6. The van der Waals surface area contributed by atoms with Gasteiger partial charge in [-0.05, 0) is 34.7 Å². The molecule has 1 aliphatic heterocycles. The van der Waals surface area contributed by atoms with Gasteiger partial charge in [-0.15, -0.1) is 0 Å². The zero-order chi connectivity index (χ0) is 12.1. The first-order valence-electron chi connectivity index (χ1n) is 5.81. The number of rotatable bonds is 5. The normalized spacial score (nSPS) is 19.3. The molecule has 0 amide bonds. The lowest BCUT2D eigenvalue weighted by Gasteiger charge is -2.11. The molecule has 0 saturated carbocycles. The van der Waals surface area contributed by atoms with E-state index in [1.165, 1.54) is 6.42 Å². The van der Waals surface area contributed by atoms with E-state index in [1.54, 1.807) is 6.20 Å². The van der Waals surface area contributed by atoms with Gasteiger partial charge in [0.05, 0.1) is 4.47 Å². The van der Waals surface area contributed by atoms with Gasteiger partial charge in [0.25, 0.3) is 0 Å². The molecule has 1 unspecified atom stereocenters. The molecule has 2 heterocycles. The smallest absolute Gasteiger partial charge is 0.224 e. The molecular weight excluding hydrogens is 284 g/mol. The minimum absolute atomic E-state index is 0.625. The molecule has 1 saturated heterocycles. The van der Waals surface area contributed by atoms with Crippen molar-refractivity contribution >= 4 is 27.7 Å². The van der Waals surface area contributed by atoms with E-state index in [2.05, 4.69) is 36.5 Å². The van der Waals surface area contributed by atoms with Crippen molar-refractivity contribution in [1.29, 1.82) is 0 Å². The minimum atomic E-state index is 0.625. The molecule has 0 aromatic carbocycles. The van der Waals surface area contributed by atoms with E-state index in [1.807, 2.05) is 7.05 Å². The molecule has 0 bridgehead atoms. The van der Waals surface area contributed by atoms with Crippen molar-refractivity contribution in [2.24, 2.45) is 5.92 Å². The zero-order valence-electron chi connectivity index (χ0n) is 9.87. The summed E-state index contributed by atoms with van der Waals surface area (Å²) in [5.74, 6) is 2.15. The molecular formula is C11H17BrN4O. The molecule has 17 heavy (non-hydrogen) atoms. The van der Waals surface area contributed by atoms with Crippen LogP contribution < -0.4 is 10.6 Å². The van der Waals surface area contributed by atoms with Gasteiger partial charge in [-0.2, -0.15) is 4.98 Å². The largest absolute Gasteiger partial charge is 0.381 e. The van der Waals surface area contributed by atoms with Gasteiger partial charge in [-0.1, -0.05) is 0 Å². The van der Waals surface area contributed by atoms with Crippen LogP contribution in [-0.4, -0.2) is 36.8 Å². The Morgan fingerprint density at radius 2 is 2.47 bits per heavy atom. The van der Waals surface area contributed by atoms with Crippen LogP contribution in [0.25, 0.3) is 0 Å². The fourth-order valence-corrected chi connectivity index (χ4v) is 2.15. The fourth-order valence-electron chi connectivity index (χ4n) is 1.82. The summed E-state index contributed by atoms with van der Waals surface area (Å²) < 4.78 is 6.24. The van der Waals surface area contributed by atoms with E-state index in [0.717, 1.165) is 36.5 Å². The van der Waals surface area contributed by atoms with Crippen LogP contribution in [0.3, 0.4) is 0 Å². The molecule has 94 valence electrons. The van der Waals surface area contributed by atoms with Crippen molar-refractivity contribution in [3.05, 3.63) is 10.7 Å². The molecule has 1 fully saturated rings. The van der Waals surface area contributed by atoms with Gasteiger partial charge >= 0.3 is 0 Å². The lowest BCUT2D eigenvalue weighted by Crippen LogP contribution is -2.11. The summed E-state index contributed by atoms with van der Waals surface area (Å²) in [6.45, 7) is 2.72. The number of nitrogens with zero attached hydrogens (tertiary/aromatic N) is 2. The van der Waals surface area contributed by atoms with E-state index in [4.69, 9.17) is 4.74 Å². The van der Waals surface area contributed by atoms with Crippen LogP contribution in [0.15, 0.2) is 10.7 Å². The quantitative estimate of drug-likeness (QED) is 0.872. The Labute approximate surface area is 110 Å². The predicted molar refractivity (Wildman–Crippen MR) is 71.3 cm³/mol. The average Bonchev–Trinajstić information content (AvgIpc) is 2.84. The summed E-state index contributed by atoms with van der Waals surface area (Å²) in [5, 5.41) is 6.24. The van der Waals surface area contributed by atoms with Crippen molar-refractivity contribution in [1.82, 2.24) is 9.97 Å². The highest BCUT2D eigenvalue weighted by molar-refractivity contribution is 9.10. The predicted octanol–water partition coefficient (Wildman–Crippen LogP) is 2.12. The summed E-state index contributed by atoms with van der Waals surface area (Å²) in [7, 11) is 1.81. The van der Waals surface area contributed by atoms with Crippen molar-refractivity contribution in [2.45, 2.75) is 12.8 Å². The van der Waals surface area contributed by atoms with E-state index >= 15 is 0 Å². The van der Waals surface area contributed by atoms with Crippen molar-refractivity contribution in [2.75, 3.05) is 37.4 Å². The highest BCUT2D eigenvalue weighted by atomic mass is 79.9. The topological polar surface area (TPSA) is 59.1 Å². The first-order chi connectivity index (χ1) is 8.29. The number of hydrogen-bond acceptors (Lipinski definition) is 5. The Morgan fingerprint density at radius 1 is 1.59 bits per heavy atom. The highest BCUT2D eigenvalue weighted by Gasteiger charge is 2.15. The monoisotopic (exact) mass is 300 g/mol. The number of hydrogen-bond donors (Lipinski definition) is 2. The molecule has 2 N–H and O–H groups in total. The van der Waals surface area contributed by atoms with E-state index in [-0.39, 0.29) is 0 Å². The van der Waals surface area contributed by atoms with Crippen LogP contribution in [0.1, 0.15) is 12.8 Å². The molecule has 0 radical (unpaired) electrons. The van der Waals surface area contributed by atoms with Crippen molar-refractivity contribution in [3.8, 4) is 0 Å². The molecule has 1 aromatic rings. The Balaban J connectivity index is 1.84. The third-order valence-corrected chi connectivity index (χ3v) is 3.42. The number of ether oxygens (including phenoxy) is 1. The van der Waals surface area contributed by atoms with Crippen LogP contribution in [-0.2, 0) is 4.74 Å². The molecule has 0 aliphatic carbocycles. The third-order valence-electron chi connectivity index (χ3n) is 2.84. The third kappa shape index (κ3) is 3.54. The summed E-state index contributed by atoms with van der Waals surface area (Å²) in [5.41, 5.74) is 0. The van der Waals surface area contributed by atoms with Crippen molar-refractivity contribution < 1.29 is 4.74 Å². The van der Waals surface area contributed by atoms with Gasteiger partial charge in [0, 0.05) is 33.0 Å². The zero-order valence-corrected chi connectivity index (χ0v) is 11.5. The number of nitrogens with one attached hydrogen (secondary N) is 2. The Morgan fingerprint density at radius 3 is 3.18 bits per heavy atom. The minimum Gasteiger partial charge on any atom is -0.381 e. The van der Waals surface area contributed by atoms with Crippen molar-refractivity contribution in [3.63, 3.8) is 0 Å². The van der Waals surface area contributed by atoms with E-state index in [0.29, 0.717) is 11.9 Å². The Kier molecular flexibility index (Phi) is 4.56. The number of anilines is 2. The molecule has 5 nitrogen and oxygen atoms in total. The summed E-state index contributed by atoms with van der Waals surface area (Å²) in [6, 6.07) is 0. The molecule has 0 spiro atoms. The second-order valence-corrected chi connectivity index (χ2v) is 4.94. The second kappa shape index (κ2) is 6.16. The molecule has 1 aliphatic rings. The van der Waals surface area contributed by atoms with E-state index in [9.17, 15) is 0 Å². The molecule has 1 aromatic heterocycles. The standard InChI is InChI=1S/C11H17BrN4O/c1-13-11-15-6-9(12)10(16-11)14-4-2-8-3-5-17-7-8/h6,8H,2-5,7H2,1H3,(H2,13,14,15,16). The maximum absolute atomic E-state index is 5.35. The van der Waals surface area contributed by atoms with Gasteiger partial charge in [-0.3, -0.25) is 0 Å². The fraction of sp³-hybridized carbons (Fsp3) is 0.636. The number of halogens is 1. The van der Waals surface area contributed by atoms with Crippen LogP contribution in [0, 0.1) is 5.92 Å². The maximum atomic E-state index is 5.35. The van der Waals surface area contributed by atoms with Crippen LogP contribution in [0.4, 0.5) is 11.8 Å². The highest BCUT2D eigenvalue weighted by Crippen LogP contribution is 2.21. The summed E-state index contributed by atoms with van der Waals surface area (Å²) in [4.78, 5) is 8.46. The van der Waals surface area contributed by atoms with Crippen LogP contribution in [0.2, 0.25) is 0 Å². The van der Waals surface area contributed by atoms with Gasteiger partial charge in [0.1, 0.15) is 5.82 Å². The number of aromatic nitrogens is 2. The van der Waals surface area contributed by atoms with Gasteiger partial charge in [-0.25, -0.2) is 4.98 Å². The first-order valence-corrected chi connectivity index (χ1v) is 6.61. The lowest BCUT2D eigenvalue weighted by molar-refractivity contribution is 0.185. The van der Waals surface area contributed by atoms with Crippen LogP contribution >= 0.6 is 15.9 Å². The van der Waals surface area contributed by atoms with Gasteiger partial charge in [0.2, 0.25) is 5.95 Å². The van der Waals surface area contributed by atoms with E-state index < -0.39 is 0 Å².